The Balaban J connectivity index is 2.47. The number of aromatic nitrogens is 2. The molecule has 0 saturated heterocycles. The lowest BCUT2D eigenvalue weighted by Gasteiger charge is -2.10. The van der Waals surface area contributed by atoms with E-state index in [0.717, 1.165) is 0 Å². The van der Waals surface area contributed by atoms with Crippen LogP contribution in [0.2, 0.25) is 0 Å². The number of imidazole rings is 1. The second kappa shape index (κ2) is 6.05. The fraction of sp³-hybridized carbons (Fsp3) is 0.417. The lowest BCUT2D eigenvalue weighted by atomic mass is 10.3. The van der Waals surface area contributed by atoms with Gasteiger partial charge in [-0.05, 0) is 28.7 Å². The Morgan fingerprint density at radius 2 is 2.00 bits per heavy atom. The van der Waals surface area contributed by atoms with Crippen molar-refractivity contribution in [1.82, 2.24) is 9.55 Å². The number of alkyl halides is 4. The van der Waals surface area contributed by atoms with E-state index in [4.69, 9.17) is 11.6 Å². The molecule has 0 N–H and O–H groups in total. The summed E-state index contributed by atoms with van der Waals surface area (Å²) in [5, 5.41) is 0. The molecule has 2 aromatic rings. The van der Waals surface area contributed by atoms with Gasteiger partial charge in [-0.2, -0.15) is 13.2 Å². The van der Waals surface area contributed by atoms with Crippen molar-refractivity contribution >= 4 is 45.2 Å². The molecule has 0 aliphatic carbocycles. The molecule has 0 atom stereocenters. The zero-order valence-corrected chi connectivity index (χ0v) is 13.1. The van der Waals surface area contributed by atoms with E-state index in [-0.39, 0.29) is 12.4 Å². The maximum atomic E-state index is 13.6. The molecule has 1 aromatic carbocycles. The molecule has 0 aliphatic heterocycles. The summed E-state index contributed by atoms with van der Waals surface area (Å²) in [5.41, 5.74) is 0.852. The fourth-order valence-corrected chi connectivity index (χ4v) is 2.55. The molecule has 0 bridgehead atoms. The van der Waals surface area contributed by atoms with Crippen molar-refractivity contribution in [3.05, 3.63) is 27.3 Å². The summed E-state index contributed by atoms with van der Waals surface area (Å²) in [7, 11) is 0. The largest absolute Gasteiger partial charge is 0.390 e. The summed E-state index contributed by atoms with van der Waals surface area (Å²) < 4.78 is 52.5. The number of hydrogen-bond donors (Lipinski definition) is 0. The summed E-state index contributed by atoms with van der Waals surface area (Å²) in [6.45, 7) is -0.285. The summed E-state index contributed by atoms with van der Waals surface area (Å²) in [5.74, 6) is 0.221. The molecule has 0 fully saturated rings. The molecule has 2 rings (SSSR count). The Bertz CT molecular complexity index is 624. The van der Waals surface area contributed by atoms with Gasteiger partial charge in [0.05, 0.1) is 21.0 Å². The predicted molar refractivity (Wildman–Crippen MR) is 77.5 cm³/mol. The van der Waals surface area contributed by atoms with Crippen LogP contribution in [0.1, 0.15) is 12.2 Å². The van der Waals surface area contributed by atoms with Crippen LogP contribution >= 0.6 is 34.2 Å². The molecule has 110 valence electrons. The van der Waals surface area contributed by atoms with Crippen LogP contribution in [0.4, 0.5) is 17.6 Å². The lowest BCUT2D eigenvalue weighted by molar-refractivity contribution is -0.136. The zero-order valence-electron chi connectivity index (χ0n) is 10.1. The topological polar surface area (TPSA) is 17.8 Å². The molecule has 0 saturated carbocycles. The van der Waals surface area contributed by atoms with Gasteiger partial charge in [0, 0.05) is 24.9 Å². The summed E-state index contributed by atoms with van der Waals surface area (Å²) in [4.78, 5) is 4.24. The van der Waals surface area contributed by atoms with Crippen LogP contribution in [0.3, 0.4) is 0 Å². The van der Waals surface area contributed by atoms with E-state index in [2.05, 4.69) is 4.98 Å². The van der Waals surface area contributed by atoms with Crippen molar-refractivity contribution in [3.8, 4) is 0 Å². The van der Waals surface area contributed by atoms with Crippen LogP contribution in [0, 0.1) is 9.39 Å². The first-order chi connectivity index (χ1) is 9.31. The van der Waals surface area contributed by atoms with Crippen molar-refractivity contribution in [1.29, 1.82) is 0 Å². The van der Waals surface area contributed by atoms with Crippen LogP contribution in [-0.4, -0.2) is 21.6 Å². The molecule has 0 unspecified atom stereocenters. The number of nitrogens with zero attached hydrogens (tertiary/aromatic N) is 2. The van der Waals surface area contributed by atoms with Gasteiger partial charge in [-0.3, -0.25) is 0 Å². The Labute approximate surface area is 131 Å². The molecule has 0 aliphatic rings. The maximum absolute atomic E-state index is 13.6. The Morgan fingerprint density at radius 1 is 1.30 bits per heavy atom. The minimum Gasteiger partial charge on any atom is -0.328 e. The minimum absolute atomic E-state index is 0.245. The fourth-order valence-electron chi connectivity index (χ4n) is 1.93. The van der Waals surface area contributed by atoms with Crippen LogP contribution in [-0.2, 0) is 13.0 Å². The average Bonchev–Trinajstić information content (AvgIpc) is 2.64. The van der Waals surface area contributed by atoms with Gasteiger partial charge in [0.2, 0.25) is 0 Å². The van der Waals surface area contributed by atoms with E-state index in [1.165, 1.54) is 16.7 Å². The number of fused-ring (bicyclic) bond motifs is 1. The normalized spacial score (nSPS) is 12.3. The number of aryl methyl sites for hydroxylation is 2. The SMILES string of the molecule is Fc1cc2c(cc1I)nc(CCCl)n2CCC(F)(F)F. The Morgan fingerprint density at radius 3 is 2.60 bits per heavy atom. The molecule has 0 spiro atoms. The number of benzene rings is 1. The van der Waals surface area contributed by atoms with Crippen LogP contribution in [0.15, 0.2) is 12.1 Å². The van der Waals surface area contributed by atoms with Gasteiger partial charge in [-0.25, -0.2) is 9.37 Å². The number of hydrogen-bond acceptors (Lipinski definition) is 1. The molecule has 8 heteroatoms. The third-order valence-electron chi connectivity index (χ3n) is 2.81. The van der Waals surface area contributed by atoms with Gasteiger partial charge in [-0.15, -0.1) is 11.6 Å². The highest BCUT2D eigenvalue weighted by Gasteiger charge is 2.27. The van der Waals surface area contributed by atoms with Crippen molar-refractivity contribution in [2.45, 2.75) is 25.6 Å². The minimum atomic E-state index is -4.27. The molecule has 1 heterocycles. The summed E-state index contributed by atoms with van der Waals surface area (Å²) in [6, 6.07) is 2.74. The molecule has 0 radical (unpaired) electrons. The molecule has 20 heavy (non-hydrogen) atoms. The predicted octanol–water partition coefficient (Wildman–Crippen LogP) is 4.51. The first-order valence-corrected chi connectivity index (χ1v) is 7.40. The van der Waals surface area contributed by atoms with Crippen LogP contribution in [0.25, 0.3) is 11.0 Å². The first kappa shape index (κ1) is 15.8. The van der Waals surface area contributed by atoms with Gasteiger partial charge in [0.25, 0.3) is 0 Å². The van der Waals surface area contributed by atoms with Gasteiger partial charge < -0.3 is 4.57 Å². The molecule has 1 aromatic heterocycles. The standard InChI is InChI=1S/C12H10ClF4IN2/c13-3-1-11-19-9-6-8(18)7(14)5-10(9)20(11)4-2-12(15,16)17/h5-6H,1-4H2. The Hall–Kier alpha value is -0.570. The second-order valence-corrected chi connectivity index (χ2v) is 5.78. The van der Waals surface area contributed by atoms with Gasteiger partial charge in [0.15, 0.2) is 0 Å². The summed E-state index contributed by atoms with van der Waals surface area (Å²) >= 11 is 7.46. The Kier molecular flexibility index (Phi) is 4.78. The van der Waals surface area contributed by atoms with E-state index >= 15 is 0 Å². The highest BCUT2D eigenvalue weighted by Crippen LogP contribution is 2.26. The van der Waals surface area contributed by atoms with E-state index in [1.807, 2.05) is 22.6 Å². The van der Waals surface area contributed by atoms with Crippen LogP contribution in [0.5, 0.6) is 0 Å². The first-order valence-electron chi connectivity index (χ1n) is 5.78. The number of rotatable bonds is 4. The van der Waals surface area contributed by atoms with Crippen molar-refractivity contribution in [2.75, 3.05) is 5.88 Å². The maximum Gasteiger partial charge on any atom is 0.390 e. The van der Waals surface area contributed by atoms with E-state index in [0.29, 0.717) is 26.8 Å². The van der Waals surface area contributed by atoms with E-state index in [9.17, 15) is 17.6 Å². The average molecular weight is 421 g/mol. The zero-order chi connectivity index (χ0) is 14.9. The van der Waals surface area contributed by atoms with Gasteiger partial charge >= 0.3 is 6.18 Å². The molecular weight excluding hydrogens is 410 g/mol. The van der Waals surface area contributed by atoms with E-state index < -0.39 is 18.4 Å². The van der Waals surface area contributed by atoms with Gasteiger partial charge in [0.1, 0.15) is 11.6 Å². The van der Waals surface area contributed by atoms with Crippen molar-refractivity contribution in [2.24, 2.45) is 0 Å². The molecule has 2 nitrogen and oxygen atoms in total. The van der Waals surface area contributed by atoms with E-state index in [1.54, 1.807) is 0 Å². The third kappa shape index (κ3) is 3.55. The number of halogens is 6. The van der Waals surface area contributed by atoms with Crippen molar-refractivity contribution in [3.63, 3.8) is 0 Å². The molecular formula is C12H10ClF4IN2. The van der Waals surface area contributed by atoms with Crippen LogP contribution < -0.4 is 0 Å². The third-order valence-corrected chi connectivity index (χ3v) is 3.82. The van der Waals surface area contributed by atoms with Gasteiger partial charge in [-0.1, -0.05) is 0 Å². The van der Waals surface area contributed by atoms with Crippen molar-refractivity contribution < 1.29 is 17.6 Å². The monoisotopic (exact) mass is 420 g/mol. The summed E-state index contributed by atoms with van der Waals surface area (Å²) in [6.07, 6.45) is -4.91. The molecule has 0 amide bonds. The lowest BCUT2D eigenvalue weighted by Crippen LogP contribution is -2.14. The highest BCUT2D eigenvalue weighted by atomic mass is 127. The second-order valence-electron chi connectivity index (χ2n) is 4.24. The quantitative estimate of drug-likeness (QED) is 0.404. The highest BCUT2D eigenvalue weighted by molar-refractivity contribution is 14.1. The smallest absolute Gasteiger partial charge is 0.328 e.